The third kappa shape index (κ3) is 16.2. The molecular weight excluding hydrogens is 983 g/mol. The molecule has 15 N–H and O–H groups in total. The zero-order chi connectivity index (χ0) is 53.2. The van der Waals surface area contributed by atoms with Crippen molar-refractivity contribution in [3.63, 3.8) is 0 Å². The fraction of sp³-hybridized carbons (Fsp3) is 0.426. The summed E-state index contributed by atoms with van der Waals surface area (Å²) in [5, 5.41) is 32.6. The van der Waals surface area contributed by atoms with Crippen LogP contribution in [0.4, 0.5) is 4.79 Å². The maximum atomic E-state index is 14.6. The van der Waals surface area contributed by atoms with E-state index >= 15 is 0 Å². The molecule has 3 aromatic rings. The van der Waals surface area contributed by atoms with Crippen molar-refractivity contribution in [3.05, 3.63) is 83.8 Å². The van der Waals surface area contributed by atoms with E-state index in [9.17, 15) is 43.2 Å². The molecule has 5 rings (SSSR count). The van der Waals surface area contributed by atoms with Crippen LogP contribution >= 0.6 is 21.6 Å². The number of hydrogen-bond donors (Lipinski definition) is 13. The van der Waals surface area contributed by atoms with Gasteiger partial charge < -0.3 is 64.3 Å². The summed E-state index contributed by atoms with van der Waals surface area (Å²) in [5.74, 6) is -7.41. The van der Waals surface area contributed by atoms with Crippen LogP contribution in [0.2, 0.25) is 0 Å². The Hall–Kier alpha value is -7.61. The summed E-state index contributed by atoms with van der Waals surface area (Å²) in [5.41, 5.74) is 13.9. The monoisotopic (exact) mass is 1050 g/mol. The Labute approximate surface area is 429 Å². The Bertz CT molecular complexity index is 2560. The first kappa shape index (κ1) is 56.3. The number of nitrogens with one attached hydrogen (secondary N) is 11. The van der Waals surface area contributed by atoms with Crippen LogP contribution in [0.1, 0.15) is 50.7 Å². The minimum Gasteiger partial charge on any atom is -0.390 e. The summed E-state index contributed by atoms with van der Waals surface area (Å²) in [6, 6.07) is 4.65. The molecule has 26 heteroatoms. The number of urea groups is 1. The van der Waals surface area contributed by atoms with Crippen LogP contribution in [0.5, 0.6) is 0 Å². The third-order valence-corrected chi connectivity index (χ3v) is 14.3. The molecule has 0 spiro atoms. The highest BCUT2D eigenvalue weighted by Crippen LogP contribution is 2.27. The summed E-state index contributed by atoms with van der Waals surface area (Å²) in [6.07, 6.45) is 3.20. The molecule has 0 radical (unpaired) electrons. The molecule has 10 amide bonds. The topological polar surface area (TPSA) is 369 Å². The number of H-pyrrole nitrogens is 1. The number of nitrogens with two attached hydrogens (primary N) is 2. The Morgan fingerprint density at radius 3 is 2.04 bits per heavy atom. The minimum atomic E-state index is -1.49. The number of carbonyl (C=O) groups excluding carboxylic acids is 9. The molecule has 2 fully saturated rings. The first-order valence-corrected chi connectivity index (χ1v) is 25.9. The molecule has 24 nitrogen and oxygen atoms in total. The van der Waals surface area contributed by atoms with Crippen molar-refractivity contribution in [2.24, 2.45) is 16.5 Å². The molecule has 3 heterocycles. The average Bonchev–Trinajstić information content (AvgIpc) is 3.89. The fourth-order valence-corrected chi connectivity index (χ4v) is 10.3. The summed E-state index contributed by atoms with van der Waals surface area (Å²) < 4.78 is 0. The van der Waals surface area contributed by atoms with Crippen LogP contribution in [0.25, 0.3) is 10.9 Å². The molecular formula is C47H63N15O9S2. The number of amides is 10. The molecule has 2 aliphatic heterocycles. The number of primary amides is 1. The second kappa shape index (κ2) is 27.3. The highest BCUT2D eigenvalue weighted by molar-refractivity contribution is 8.76. The molecule has 0 aliphatic carbocycles. The lowest BCUT2D eigenvalue weighted by Crippen LogP contribution is -2.60. The van der Waals surface area contributed by atoms with Crippen molar-refractivity contribution in [1.82, 2.24) is 57.7 Å². The zero-order valence-corrected chi connectivity index (χ0v) is 42.2. The van der Waals surface area contributed by atoms with Gasteiger partial charge in [0.2, 0.25) is 41.4 Å². The summed E-state index contributed by atoms with van der Waals surface area (Å²) >= 11 is 0. The molecule has 1 aromatic heterocycles. The van der Waals surface area contributed by atoms with Crippen LogP contribution in [0.3, 0.4) is 0 Å². The molecule has 73 heavy (non-hydrogen) atoms. The van der Waals surface area contributed by atoms with Gasteiger partial charge >= 0.3 is 6.03 Å². The lowest BCUT2D eigenvalue weighted by Gasteiger charge is -2.28. The molecule has 0 bridgehead atoms. The summed E-state index contributed by atoms with van der Waals surface area (Å²) in [4.78, 5) is 133. The van der Waals surface area contributed by atoms with Gasteiger partial charge in [0, 0.05) is 66.9 Å². The second-order valence-electron chi connectivity index (χ2n) is 17.3. The van der Waals surface area contributed by atoms with E-state index in [1.165, 1.54) is 20.0 Å². The van der Waals surface area contributed by atoms with E-state index < -0.39 is 102 Å². The van der Waals surface area contributed by atoms with Gasteiger partial charge in [-0.2, -0.15) is 0 Å². The zero-order valence-electron chi connectivity index (χ0n) is 40.6. The molecule has 2 aliphatic rings. The van der Waals surface area contributed by atoms with Gasteiger partial charge in [0.1, 0.15) is 48.3 Å². The van der Waals surface area contributed by atoms with E-state index in [4.69, 9.17) is 16.9 Å². The van der Waals surface area contributed by atoms with Crippen molar-refractivity contribution >= 4 is 98.5 Å². The smallest absolute Gasteiger partial charge is 0.325 e. The number of aliphatic imine (C=N–C) groups is 1. The second-order valence-corrected chi connectivity index (χ2v) is 19.8. The highest BCUT2D eigenvalue weighted by Gasteiger charge is 2.44. The van der Waals surface area contributed by atoms with E-state index in [0.29, 0.717) is 11.3 Å². The number of nitrogens with zero attached hydrogens (tertiary/aromatic N) is 2. The third-order valence-electron chi connectivity index (χ3n) is 11.9. The molecule has 2 aromatic carbocycles. The molecule has 0 saturated carbocycles. The number of aromatic amines is 1. The number of aromatic nitrogens is 1. The Morgan fingerprint density at radius 1 is 0.767 bits per heavy atom. The van der Waals surface area contributed by atoms with Gasteiger partial charge in [-0.05, 0) is 63.4 Å². The molecule has 392 valence electrons. The van der Waals surface area contributed by atoms with Gasteiger partial charge in [-0.3, -0.25) is 48.8 Å². The van der Waals surface area contributed by atoms with Crippen LogP contribution in [-0.2, 0) is 51.2 Å². The maximum Gasteiger partial charge on any atom is 0.325 e. The van der Waals surface area contributed by atoms with Crippen LogP contribution < -0.4 is 59.3 Å². The number of hydrogen-bond acceptors (Lipinski definition) is 14. The predicted octanol–water partition coefficient (Wildman–Crippen LogP) is -1.12. The number of carbonyl (C=O) groups is 9. The molecule has 1 unspecified atom stereocenters. The van der Waals surface area contributed by atoms with E-state index in [1.807, 2.05) is 24.3 Å². The van der Waals surface area contributed by atoms with Gasteiger partial charge in [-0.1, -0.05) is 70.1 Å². The molecule has 2 saturated heterocycles. The van der Waals surface area contributed by atoms with E-state index in [-0.39, 0.29) is 62.5 Å². The standard InChI is InChI=1S/C47H63N15O9S2/c1-25-39(64)59-35(20-29(52-4)22-51-3)43(68)60-34(19-27-11-6-5-7-12-27)42(67)57-32(15-10-18-53-46(49)50)40(65)58-33(17-16-28-21-54-31-14-9-8-13-30(28)31)41(66)61-36(38(48)63)23-72-73-24-37(44(69)55-25)62-45(70)26(2)56-47(62)71/h5-9,11-14,21-22,25-26,32-37,52,54H,3,10,15-20,23-24H2,1-2,4H3,(H2,48,63)(H,55,69)(H,56,71)(H,57,67)(H,58,65)(H,59,64)(H,60,68)(H,61,66)(H4,49,50,53)/b29-22-/t25-,26+,32+,33+,34?,35+,36+,37+/m1/s1. The number of rotatable bonds is 15. The van der Waals surface area contributed by atoms with Crippen molar-refractivity contribution in [2.75, 3.05) is 25.1 Å². The van der Waals surface area contributed by atoms with Crippen LogP contribution in [0.15, 0.2) is 77.7 Å². The number of fused-ring (bicyclic) bond motifs is 1. The lowest BCUT2D eigenvalue weighted by atomic mass is 10.0. The SMILES string of the molecule is C=N/C=C(/C[C@@H]1NC(=O)[C@@H](C)NC(=O)[C@@H](N2C(=O)N[C@@H](C)C2=O)CSSC[C@@H](C(N)=O)NC(=O)[C@H](CCc2c[nH]c3ccccc23)NC(=O)[C@H](CCCNC(=N)N)NC(=O)C(Cc2ccccc2)NC1=O)NC. The average molecular weight is 1050 g/mol. The highest BCUT2D eigenvalue weighted by atomic mass is 33.1. The number of benzene rings is 2. The van der Waals surface area contributed by atoms with Crippen molar-refractivity contribution < 1.29 is 43.2 Å². The number of aryl methyl sites for hydroxylation is 1. The first-order valence-electron chi connectivity index (χ1n) is 23.4. The van der Waals surface area contributed by atoms with E-state index in [0.717, 1.165) is 43.0 Å². The first-order chi connectivity index (χ1) is 34.9. The van der Waals surface area contributed by atoms with Gasteiger partial charge in [0.05, 0.1) is 0 Å². The Kier molecular flexibility index (Phi) is 21.0. The lowest BCUT2D eigenvalue weighted by molar-refractivity contribution is -0.137. The number of imide groups is 1. The summed E-state index contributed by atoms with van der Waals surface area (Å²) in [6.45, 7) is 6.37. The fourth-order valence-electron chi connectivity index (χ4n) is 7.90. The van der Waals surface area contributed by atoms with Crippen LogP contribution in [-0.4, -0.2) is 149 Å². The normalized spacial score (nSPS) is 24.5. The number of para-hydroxylation sites is 1. The minimum absolute atomic E-state index is 0.00312. The number of guanidine groups is 1. The van der Waals surface area contributed by atoms with E-state index in [2.05, 4.69) is 64.5 Å². The maximum absolute atomic E-state index is 14.6. The Morgan fingerprint density at radius 2 is 1.38 bits per heavy atom. The summed E-state index contributed by atoms with van der Waals surface area (Å²) in [7, 11) is 3.53. The van der Waals surface area contributed by atoms with Crippen LogP contribution in [0, 0.1) is 5.41 Å². The largest absolute Gasteiger partial charge is 0.390 e. The molecule has 8 atom stereocenters. The predicted molar refractivity (Wildman–Crippen MR) is 277 cm³/mol. The van der Waals surface area contributed by atoms with Gasteiger partial charge in [0.25, 0.3) is 5.91 Å². The van der Waals surface area contributed by atoms with Crippen molar-refractivity contribution in [3.8, 4) is 0 Å². The van der Waals surface area contributed by atoms with E-state index in [1.54, 1.807) is 43.6 Å². The van der Waals surface area contributed by atoms with Crippen molar-refractivity contribution in [1.29, 1.82) is 5.41 Å². The van der Waals surface area contributed by atoms with Gasteiger partial charge in [-0.15, -0.1) is 0 Å². The van der Waals surface area contributed by atoms with Gasteiger partial charge in [-0.25, -0.2) is 9.69 Å². The Balaban J connectivity index is 1.56. The van der Waals surface area contributed by atoms with Crippen molar-refractivity contribution in [2.45, 2.75) is 101 Å². The van der Waals surface area contributed by atoms with Gasteiger partial charge in [0.15, 0.2) is 5.96 Å². The quantitative estimate of drug-likeness (QED) is 0.0282.